The molecule has 0 spiro atoms. The fourth-order valence-electron chi connectivity index (χ4n) is 3.71. The topological polar surface area (TPSA) is 200 Å². The SMILES string of the molecule is COc1cc(/C=C/C(=O)C2(CCN3CCOCC3)CCOC2=O)ccc1O.O=C(O)C(O)C(O)C(=O)O. The van der Waals surface area contributed by atoms with Gasteiger partial charge in [0.15, 0.2) is 29.5 Å². The van der Waals surface area contributed by atoms with E-state index in [0.717, 1.165) is 13.1 Å². The molecule has 3 unspecified atom stereocenters. The summed E-state index contributed by atoms with van der Waals surface area (Å²) in [4.78, 5) is 47.1. The molecule has 2 aliphatic rings. The molecule has 0 aliphatic carbocycles. The lowest BCUT2D eigenvalue weighted by molar-refractivity contribution is -0.165. The minimum Gasteiger partial charge on any atom is -0.504 e. The van der Waals surface area contributed by atoms with Gasteiger partial charge in [0, 0.05) is 19.5 Å². The van der Waals surface area contributed by atoms with Gasteiger partial charge in [-0.25, -0.2) is 9.59 Å². The first-order valence-corrected chi connectivity index (χ1v) is 11.4. The molecule has 3 atom stereocenters. The third-order valence-electron chi connectivity index (χ3n) is 6.02. The van der Waals surface area contributed by atoms with Crippen LogP contribution in [-0.2, 0) is 28.7 Å². The largest absolute Gasteiger partial charge is 0.504 e. The second kappa shape index (κ2) is 13.7. The van der Waals surface area contributed by atoms with Gasteiger partial charge in [0.1, 0.15) is 5.41 Å². The number of carbonyl (C=O) groups excluding carboxylic acids is 2. The first-order chi connectivity index (χ1) is 17.5. The molecule has 13 heteroatoms. The van der Waals surface area contributed by atoms with Crippen LogP contribution in [0.15, 0.2) is 24.3 Å². The number of allylic oxidation sites excluding steroid dienone is 1. The molecule has 2 fully saturated rings. The van der Waals surface area contributed by atoms with Crippen molar-refractivity contribution in [3.63, 3.8) is 0 Å². The number of aliphatic carboxylic acids is 2. The van der Waals surface area contributed by atoms with Crippen molar-refractivity contribution in [2.45, 2.75) is 25.0 Å². The molecule has 0 saturated carbocycles. The highest BCUT2D eigenvalue weighted by Gasteiger charge is 2.49. The van der Waals surface area contributed by atoms with Gasteiger partial charge in [0.25, 0.3) is 0 Å². The first-order valence-electron chi connectivity index (χ1n) is 11.4. The zero-order chi connectivity index (χ0) is 27.6. The third-order valence-corrected chi connectivity index (χ3v) is 6.02. The lowest BCUT2D eigenvalue weighted by Gasteiger charge is -2.30. The average Bonchev–Trinajstić information content (AvgIpc) is 3.27. The predicted octanol–water partition coefficient (Wildman–Crippen LogP) is -0.484. The van der Waals surface area contributed by atoms with Crippen molar-refractivity contribution < 1.29 is 58.9 Å². The number of esters is 1. The molecular weight excluding hydrogens is 494 g/mol. The number of aliphatic hydroxyl groups excluding tert-OH is 2. The minimum absolute atomic E-state index is 0.0299. The van der Waals surface area contributed by atoms with Crippen LogP contribution in [0.1, 0.15) is 18.4 Å². The number of ketones is 1. The molecule has 0 aromatic heterocycles. The lowest BCUT2D eigenvalue weighted by atomic mass is 9.78. The van der Waals surface area contributed by atoms with E-state index in [1.54, 1.807) is 18.2 Å². The third kappa shape index (κ3) is 7.98. The molecule has 0 radical (unpaired) electrons. The summed E-state index contributed by atoms with van der Waals surface area (Å²) in [5.74, 6) is -3.86. The Morgan fingerprint density at radius 2 is 1.73 bits per heavy atom. The Balaban J connectivity index is 0.000000410. The zero-order valence-corrected chi connectivity index (χ0v) is 20.2. The number of carbonyl (C=O) groups is 4. The Hall–Kier alpha value is -3.52. The molecule has 0 amide bonds. The predicted molar refractivity (Wildman–Crippen MR) is 126 cm³/mol. The first kappa shape index (κ1) is 29.7. The van der Waals surface area contributed by atoms with Crippen LogP contribution in [0, 0.1) is 5.41 Å². The van der Waals surface area contributed by atoms with E-state index in [0.29, 0.717) is 43.9 Å². The number of methoxy groups -OCH3 is 1. The van der Waals surface area contributed by atoms with Crippen molar-refractivity contribution >= 4 is 29.8 Å². The fraction of sp³-hybridized carbons (Fsp3) is 0.500. The van der Waals surface area contributed by atoms with Gasteiger partial charge in [0.2, 0.25) is 0 Å². The van der Waals surface area contributed by atoms with Crippen molar-refractivity contribution in [3.8, 4) is 11.5 Å². The standard InChI is InChI=1S/C20H25NO6.C4H6O6/c1-25-17-14-15(2-4-16(17)22)3-5-18(23)20(7-11-27-19(20)24)6-8-21-9-12-26-13-10-21;5-1(3(7)8)2(6)4(9)10/h2-5,14,22H,6-13H2,1H3;1-2,5-6H,(H,7,8)(H,9,10)/b5-3+;. The van der Waals surface area contributed by atoms with Gasteiger partial charge >= 0.3 is 17.9 Å². The van der Waals surface area contributed by atoms with Crippen LogP contribution in [0.2, 0.25) is 0 Å². The number of benzene rings is 1. The smallest absolute Gasteiger partial charge is 0.335 e. The van der Waals surface area contributed by atoms with E-state index >= 15 is 0 Å². The number of aromatic hydroxyl groups is 1. The number of nitrogens with zero attached hydrogens (tertiary/aromatic N) is 1. The van der Waals surface area contributed by atoms with E-state index in [4.69, 9.17) is 34.6 Å². The summed E-state index contributed by atoms with van der Waals surface area (Å²) in [5, 5.41) is 42.2. The van der Waals surface area contributed by atoms with E-state index in [-0.39, 0.29) is 18.1 Å². The van der Waals surface area contributed by atoms with E-state index < -0.39 is 35.5 Å². The summed E-state index contributed by atoms with van der Waals surface area (Å²) in [7, 11) is 1.46. The highest BCUT2D eigenvalue weighted by Crippen LogP contribution is 2.36. The van der Waals surface area contributed by atoms with Crippen molar-refractivity contribution in [1.82, 2.24) is 4.90 Å². The lowest BCUT2D eigenvalue weighted by Crippen LogP contribution is -2.42. The maximum atomic E-state index is 12.9. The van der Waals surface area contributed by atoms with Crippen LogP contribution in [0.4, 0.5) is 0 Å². The number of cyclic esters (lactones) is 1. The highest BCUT2D eigenvalue weighted by molar-refractivity contribution is 6.11. The Morgan fingerprint density at radius 1 is 1.11 bits per heavy atom. The molecule has 2 saturated heterocycles. The number of aliphatic hydroxyl groups is 2. The maximum Gasteiger partial charge on any atom is 0.335 e. The Morgan fingerprint density at radius 3 is 2.24 bits per heavy atom. The molecule has 5 N–H and O–H groups in total. The number of carboxylic acid groups (broad SMARTS) is 2. The van der Waals surface area contributed by atoms with Crippen molar-refractivity contribution in [1.29, 1.82) is 0 Å². The van der Waals surface area contributed by atoms with Crippen LogP contribution in [-0.4, -0.2) is 113 Å². The molecule has 0 bridgehead atoms. The van der Waals surface area contributed by atoms with Crippen LogP contribution in [0.25, 0.3) is 6.08 Å². The fourth-order valence-corrected chi connectivity index (χ4v) is 3.71. The Kier molecular flexibility index (Phi) is 11.0. The number of phenolic OH excluding ortho intramolecular Hbond substituents is 1. The average molecular weight is 526 g/mol. The number of ether oxygens (including phenoxy) is 3. The number of morpholine rings is 1. The van der Waals surface area contributed by atoms with Crippen LogP contribution in [0.3, 0.4) is 0 Å². The summed E-state index contributed by atoms with van der Waals surface area (Å²) in [6.07, 6.45) is -0.633. The number of phenols is 1. The van der Waals surface area contributed by atoms with E-state index in [9.17, 15) is 24.3 Å². The Labute approximate surface area is 212 Å². The number of hydrogen-bond acceptors (Lipinski definition) is 11. The number of hydrogen-bond donors (Lipinski definition) is 5. The van der Waals surface area contributed by atoms with E-state index in [1.165, 1.54) is 19.3 Å². The molecule has 3 rings (SSSR count). The Bertz CT molecular complexity index is 985. The monoisotopic (exact) mass is 525 g/mol. The van der Waals surface area contributed by atoms with Gasteiger partial charge in [-0.3, -0.25) is 14.5 Å². The molecule has 2 aliphatic heterocycles. The molecule has 37 heavy (non-hydrogen) atoms. The molecule has 1 aromatic rings. The second-order valence-electron chi connectivity index (χ2n) is 8.37. The normalized spacial score (nSPS) is 21.4. The van der Waals surface area contributed by atoms with E-state index in [2.05, 4.69) is 4.90 Å². The number of rotatable bonds is 10. The molecular formula is C24H31NO12. The van der Waals surface area contributed by atoms with Gasteiger partial charge in [-0.15, -0.1) is 0 Å². The summed E-state index contributed by atoms with van der Waals surface area (Å²) < 4.78 is 15.6. The van der Waals surface area contributed by atoms with Gasteiger partial charge < -0.3 is 39.7 Å². The van der Waals surface area contributed by atoms with Crippen molar-refractivity contribution in [2.24, 2.45) is 5.41 Å². The summed E-state index contributed by atoms with van der Waals surface area (Å²) >= 11 is 0. The van der Waals surface area contributed by atoms with Crippen molar-refractivity contribution in [3.05, 3.63) is 29.8 Å². The molecule has 204 valence electrons. The van der Waals surface area contributed by atoms with Crippen molar-refractivity contribution in [2.75, 3.05) is 46.6 Å². The van der Waals surface area contributed by atoms with Gasteiger partial charge in [0.05, 0.1) is 26.9 Å². The number of carboxylic acids is 2. The maximum absolute atomic E-state index is 12.9. The van der Waals surface area contributed by atoms with Gasteiger partial charge in [-0.2, -0.15) is 0 Å². The molecule has 13 nitrogen and oxygen atoms in total. The molecule has 1 aromatic carbocycles. The highest BCUT2D eigenvalue weighted by atomic mass is 16.5. The van der Waals surface area contributed by atoms with Crippen LogP contribution in [0.5, 0.6) is 11.5 Å². The van der Waals surface area contributed by atoms with Gasteiger partial charge in [-0.1, -0.05) is 12.1 Å². The zero-order valence-electron chi connectivity index (χ0n) is 20.2. The van der Waals surface area contributed by atoms with Gasteiger partial charge in [-0.05, 0) is 36.7 Å². The second-order valence-corrected chi connectivity index (χ2v) is 8.37. The summed E-state index contributed by atoms with van der Waals surface area (Å²) in [5.41, 5.74) is -0.414. The summed E-state index contributed by atoms with van der Waals surface area (Å²) in [6, 6.07) is 4.81. The quantitative estimate of drug-likeness (QED) is 0.149. The molecule has 2 heterocycles. The van der Waals surface area contributed by atoms with E-state index in [1.807, 2.05) is 0 Å². The summed E-state index contributed by atoms with van der Waals surface area (Å²) in [6.45, 7) is 3.90. The van der Waals surface area contributed by atoms with Crippen LogP contribution < -0.4 is 4.74 Å². The minimum atomic E-state index is -2.27. The van der Waals surface area contributed by atoms with Crippen LogP contribution >= 0.6 is 0 Å².